The van der Waals surface area contributed by atoms with Gasteiger partial charge in [0.2, 0.25) is 11.8 Å². The van der Waals surface area contributed by atoms with E-state index in [4.69, 9.17) is 0 Å². The van der Waals surface area contributed by atoms with Crippen LogP contribution in [0.1, 0.15) is 70.6 Å². The first-order valence-electron chi connectivity index (χ1n) is 11.0. The summed E-state index contributed by atoms with van der Waals surface area (Å²) in [7, 11) is 0. The van der Waals surface area contributed by atoms with Gasteiger partial charge >= 0.3 is 0 Å². The Hall–Kier alpha value is -1.53. The second-order valence-corrected chi connectivity index (χ2v) is 10.5. The van der Waals surface area contributed by atoms with Crippen LogP contribution in [0.25, 0.3) is 0 Å². The number of allylic oxidation sites excluding steroid dienone is 1. The van der Waals surface area contributed by atoms with Crippen LogP contribution in [-0.4, -0.2) is 52.9 Å². The number of hydrogen-bond acceptors (Lipinski definition) is 2. The standard InChI is InChI=1S/C22H29F3N2O2/c23-20-9-19(10-21(24,12-20)14-22(25,11-19)13-20)18(29)27-6-5-16(27)8-26-17(28)7-15-3-1-2-4-15/h7,16H,1-6,8-14H2,(H,26,28). The molecule has 1 saturated heterocycles. The van der Waals surface area contributed by atoms with Gasteiger partial charge in [-0.05, 0) is 51.4 Å². The van der Waals surface area contributed by atoms with Crippen molar-refractivity contribution in [2.75, 3.05) is 13.1 Å². The Morgan fingerprint density at radius 3 is 2.00 bits per heavy atom. The summed E-state index contributed by atoms with van der Waals surface area (Å²) in [4.78, 5) is 27.1. The van der Waals surface area contributed by atoms with E-state index in [1.165, 1.54) is 0 Å². The van der Waals surface area contributed by atoms with Crippen LogP contribution < -0.4 is 5.32 Å². The summed E-state index contributed by atoms with van der Waals surface area (Å²) in [5.41, 5.74) is -5.88. The fourth-order valence-electron chi connectivity index (χ4n) is 7.15. The van der Waals surface area contributed by atoms with E-state index in [1.54, 1.807) is 11.0 Å². The molecule has 1 heterocycles. The van der Waals surface area contributed by atoms with E-state index in [2.05, 4.69) is 5.32 Å². The zero-order chi connectivity index (χ0) is 20.5. The van der Waals surface area contributed by atoms with Crippen LogP contribution in [0.4, 0.5) is 13.2 Å². The fraction of sp³-hybridized carbons (Fsp3) is 0.818. The van der Waals surface area contributed by atoms with Gasteiger partial charge in [0.1, 0.15) is 17.0 Å². The molecule has 0 aromatic heterocycles. The summed E-state index contributed by atoms with van der Waals surface area (Å²) in [5.74, 6) is -0.466. The van der Waals surface area contributed by atoms with E-state index in [9.17, 15) is 9.59 Å². The van der Waals surface area contributed by atoms with Crippen molar-refractivity contribution in [2.45, 2.75) is 93.7 Å². The summed E-state index contributed by atoms with van der Waals surface area (Å²) in [6, 6.07) is -0.178. The number of amides is 2. The largest absolute Gasteiger partial charge is 0.350 e. The maximum Gasteiger partial charge on any atom is 0.244 e. The maximum atomic E-state index is 15.2. The minimum Gasteiger partial charge on any atom is -0.350 e. The molecule has 1 unspecified atom stereocenters. The molecule has 4 bridgehead atoms. The van der Waals surface area contributed by atoms with Crippen LogP contribution in [-0.2, 0) is 9.59 Å². The molecule has 0 spiro atoms. The molecule has 7 heteroatoms. The highest BCUT2D eigenvalue weighted by atomic mass is 19.2. The molecule has 0 aromatic rings. The molecule has 160 valence electrons. The number of halogens is 3. The van der Waals surface area contributed by atoms with E-state index >= 15 is 13.2 Å². The van der Waals surface area contributed by atoms with Crippen molar-refractivity contribution in [1.82, 2.24) is 10.2 Å². The summed E-state index contributed by atoms with van der Waals surface area (Å²) in [5, 5.41) is 2.86. The summed E-state index contributed by atoms with van der Waals surface area (Å²) in [6.45, 7) is 0.826. The molecule has 2 amide bonds. The van der Waals surface area contributed by atoms with Gasteiger partial charge in [0, 0.05) is 38.4 Å². The molecule has 0 radical (unpaired) electrons. The molecule has 6 fully saturated rings. The highest BCUT2D eigenvalue weighted by Crippen LogP contribution is 2.68. The Labute approximate surface area is 169 Å². The Kier molecular flexibility index (Phi) is 4.18. The number of alkyl halides is 3. The van der Waals surface area contributed by atoms with Gasteiger partial charge < -0.3 is 10.2 Å². The molecule has 4 nitrogen and oxygen atoms in total. The third-order valence-electron chi connectivity index (χ3n) is 7.82. The van der Waals surface area contributed by atoms with Gasteiger partial charge in [0.15, 0.2) is 0 Å². The monoisotopic (exact) mass is 410 g/mol. The summed E-state index contributed by atoms with van der Waals surface area (Å²) >= 11 is 0. The number of likely N-dealkylation sites (tertiary alicyclic amines) is 1. The highest BCUT2D eigenvalue weighted by Gasteiger charge is 2.73. The molecule has 5 saturated carbocycles. The number of rotatable bonds is 4. The molecule has 1 atom stereocenters. The van der Waals surface area contributed by atoms with Crippen LogP contribution in [0.15, 0.2) is 11.6 Å². The lowest BCUT2D eigenvalue weighted by molar-refractivity contribution is -0.224. The van der Waals surface area contributed by atoms with Gasteiger partial charge in [-0.2, -0.15) is 0 Å². The summed E-state index contributed by atoms with van der Waals surface area (Å²) < 4.78 is 45.6. The van der Waals surface area contributed by atoms with Gasteiger partial charge in [-0.15, -0.1) is 0 Å². The van der Waals surface area contributed by atoms with Crippen molar-refractivity contribution < 1.29 is 22.8 Å². The molecule has 1 N–H and O–H groups in total. The van der Waals surface area contributed by atoms with Crippen LogP contribution in [0.2, 0.25) is 0 Å². The number of hydrogen-bond donors (Lipinski definition) is 1. The fourth-order valence-corrected chi connectivity index (χ4v) is 7.15. The molecule has 6 aliphatic rings. The van der Waals surface area contributed by atoms with Crippen molar-refractivity contribution >= 4 is 11.8 Å². The molecule has 6 rings (SSSR count). The van der Waals surface area contributed by atoms with Crippen LogP contribution in [0.5, 0.6) is 0 Å². The van der Waals surface area contributed by atoms with Crippen molar-refractivity contribution in [3.8, 4) is 0 Å². The minimum atomic E-state index is -1.92. The number of carbonyl (C=O) groups excluding carboxylic acids is 2. The Bertz CT molecular complexity index is 720. The predicted molar refractivity (Wildman–Crippen MR) is 101 cm³/mol. The third kappa shape index (κ3) is 3.28. The average Bonchev–Trinajstić information content (AvgIpc) is 3.02. The molecular formula is C22H29F3N2O2. The van der Waals surface area contributed by atoms with Crippen LogP contribution in [0.3, 0.4) is 0 Å². The van der Waals surface area contributed by atoms with Crippen LogP contribution >= 0.6 is 0 Å². The van der Waals surface area contributed by atoms with Gasteiger partial charge in [-0.25, -0.2) is 13.2 Å². The van der Waals surface area contributed by atoms with Gasteiger partial charge in [0.25, 0.3) is 0 Å². The first kappa shape index (κ1) is 19.4. The number of nitrogens with zero attached hydrogens (tertiary/aromatic N) is 1. The number of carbonyl (C=O) groups is 2. The van der Waals surface area contributed by atoms with E-state index < -0.39 is 22.4 Å². The van der Waals surface area contributed by atoms with Gasteiger partial charge in [-0.3, -0.25) is 9.59 Å². The molecular weight excluding hydrogens is 381 g/mol. The van der Waals surface area contributed by atoms with E-state index in [0.29, 0.717) is 13.1 Å². The quantitative estimate of drug-likeness (QED) is 0.719. The first-order valence-corrected chi connectivity index (χ1v) is 11.0. The van der Waals surface area contributed by atoms with E-state index in [1.807, 2.05) is 0 Å². The Morgan fingerprint density at radius 2 is 1.52 bits per heavy atom. The topological polar surface area (TPSA) is 49.4 Å². The first-order chi connectivity index (χ1) is 13.6. The van der Waals surface area contributed by atoms with Gasteiger partial charge in [-0.1, -0.05) is 5.57 Å². The molecule has 5 aliphatic carbocycles. The molecule has 0 aromatic carbocycles. The average molecular weight is 410 g/mol. The zero-order valence-corrected chi connectivity index (χ0v) is 16.7. The number of nitrogens with one attached hydrogen (secondary N) is 1. The van der Waals surface area contributed by atoms with E-state index in [0.717, 1.165) is 37.7 Å². The van der Waals surface area contributed by atoms with Crippen molar-refractivity contribution in [1.29, 1.82) is 0 Å². The third-order valence-corrected chi connectivity index (χ3v) is 7.82. The van der Waals surface area contributed by atoms with Crippen molar-refractivity contribution in [3.63, 3.8) is 0 Å². The lowest BCUT2D eigenvalue weighted by Gasteiger charge is -2.63. The van der Waals surface area contributed by atoms with E-state index in [-0.39, 0.29) is 56.4 Å². The van der Waals surface area contributed by atoms with Crippen molar-refractivity contribution in [2.24, 2.45) is 5.41 Å². The second kappa shape index (κ2) is 6.24. The highest BCUT2D eigenvalue weighted by molar-refractivity contribution is 5.88. The Balaban J connectivity index is 1.26. The smallest absolute Gasteiger partial charge is 0.244 e. The SMILES string of the molecule is O=C(C=C1CCCC1)NCC1CCN1C(=O)C12CC3(F)CC(F)(CC(F)(C3)C1)C2. The Morgan fingerprint density at radius 1 is 0.966 bits per heavy atom. The second-order valence-electron chi connectivity index (χ2n) is 10.5. The van der Waals surface area contributed by atoms with Gasteiger partial charge in [0.05, 0.1) is 11.5 Å². The predicted octanol–water partition coefficient (Wildman–Crippen LogP) is 3.70. The van der Waals surface area contributed by atoms with Crippen LogP contribution in [0, 0.1) is 5.41 Å². The maximum absolute atomic E-state index is 15.2. The minimum absolute atomic E-state index is 0.0716. The van der Waals surface area contributed by atoms with Crippen molar-refractivity contribution in [3.05, 3.63) is 11.6 Å². The lowest BCUT2D eigenvalue weighted by atomic mass is 9.46. The lowest BCUT2D eigenvalue weighted by Crippen LogP contribution is -2.70. The molecule has 29 heavy (non-hydrogen) atoms. The normalized spacial score (nSPS) is 45.3. The molecule has 1 aliphatic heterocycles. The summed E-state index contributed by atoms with van der Waals surface area (Å²) in [6.07, 6.45) is 5.50. The zero-order valence-electron chi connectivity index (χ0n) is 16.7.